The molecule has 0 spiro atoms. The van der Waals surface area contributed by atoms with Crippen molar-refractivity contribution in [3.63, 3.8) is 0 Å². The molecular formula is C17H15FN2O2. The van der Waals surface area contributed by atoms with Crippen LogP contribution in [0.5, 0.6) is 0 Å². The summed E-state index contributed by atoms with van der Waals surface area (Å²) < 4.78 is 24.6. The Labute approximate surface area is 127 Å². The van der Waals surface area contributed by atoms with Crippen LogP contribution in [0.25, 0.3) is 11.8 Å². The molecule has 1 atom stereocenters. The maximum atomic E-state index is 13.6. The van der Waals surface area contributed by atoms with Crippen molar-refractivity contribution in [1.82, 2.24) is 9.97 Å². The molecule has 0 amide bonds. The third kappa shape index (κ3) is 2.32. The van der Waals surface area contributed by atoms with Crippen LogP contribution in [0.3, 0.4) is 0 Å². The number of benzene rings is 1. The van der Waals surface area contributed by atoms with E-state index in [4.69, 9.17) is 8.83 Å². The summed E-state index contributed by atoms with van der Waals surface area (Å²) in [4.78, 5) is 8.55. The molecule has 4 rings (SSSR count). The Bertz CT molecular complexity index is 788. The minimum Gasteiger partial charge on any atom is -0.441 e. The van der Waals surface area contributed by atoms with Crippen LogP contribution in [0.15, 0.2) is 39.5 Å². The minimum atomic E-state index is -0.179. The van der Waals surface area contributed by atoms with Gasteiger partial charge in [0.25, 0.3) is 11.8 Å². The average molecular weight is 298 g/mol. The van der Waals surface area contributed by atoms with Gasteiger partial charge in [0.15, 0.2) is 0 Å². The van der Waals surface area contributed by atoms with E-state index in [1.807, 2.05) is 13.0 Å². The molecule has 1 aliphatic rings. The minimum absolute atomic E-state index is 0.179. The fourth-order valence-corrected chi connectivity index (χ4v) is 3.08. The molecule has 2 aromatic heterocycles. The highest BCUT2D eigenvalue weighted by Gasteiger charge is 2.26. The van der Waals surface area contributed by atoms with Gasteiger partial charge in [-0.3, -0.25) is 0 Å². The van der Waals surface area contributed by atoms with Crippen molar-refractivity contribution in [1.29, 1.82) is 0 Å². The zero-order chi connectivity index (χ0) is 15.1. The van der Waals surface area contributed by atoms with Gasteiger partial charge in [-0.15, -0.1) is 0 Å². The molecule has 0 bridgehead atoms. The molecule has 2 heterocycles. The third-order valence-corrected chi connectivity index (χ3v) is 4.09. The van der Waals surface area contributed by atoms with E-state index in [1.165, 1.54) is 6.26 Å². The molecule has 1 aliphatic carbocycles. The molecule has 22 heavy (non-hydrogen) atoms. The van der Waals surface area contributed by atoms with Crippen molar-refractivity contribution in [3.05, 3.63) is 59.1 Å². The van der Waals surface area contributed by atoms with Crippen molar-refractivity contribution in [2.75, 3.05) is 0 Å². The Morgan fingerprint density at radius 3 is 2.91 bits per heavy atom. The van der Waals surface area contributed by atoms with Crippen LogP contribution >= 0.6 is 0 Å². The Morgan fingerprint density at radius 2 is 2.14 bits per heavy atom. The van der Waals surface area contributed by atoms with Crippen LogP contribution in [0.1, 0.15) is 34.9 Å². The van der Waals surface area contributed by atoms with Crippen molar-refractivity contribution in [2.24, 2.45) is 0 Å². The molecule has 5 heteroatoms. The van der Waals surface area contributed by atoms with E-state index in [-0.39, 0.29) is 11.7 Å². The van der Waals surface area contributed by atoms with Crippen LogP contribution in [-0.2, 0) is 12.8 Å². The highest BCUT2D eigenvalue weighted by atomic mass is 19.1. The summed E-state index contributed by atoms with van der Waals surface area (Å²) in [6.07, 6.45) is 5.54. The normalized spacial score (nSPS) is 17.5. The summed E-state index contributed by atoms with van der Waals surface area (Å²) in [7, 11) is 0. The van der Waals surface area contributed by atoms with Crippen molar-refractivity contribution >= 4 is 0 Å². The Balaban J connectivity index is 1.64. The lowest BCUT2D eigenvalue weighted by Gasteiger charge is -2.21. The molecule has 0 aliphatic heterocycles. The predicted molar refractivity (Wildman–Crippen MR) is 77.9 cm³/mol. The first kappa shape index (κ1) is 13.2. The van der Waals surface area contributed by atoms with E-state index in [1.54, 1.807) is 18.3 Å². The lowest BCUT2D eigenvalue weighted by atomic mass is 9.84. The molecule has 1 unspecified atom stereocenters. The Kier molecular flexibility index (Phi) is 3.06. The van der Waals surface area contributed by atoms with Gasteiger partial charge in [-0.25, -0.2) is 14.4 Å². The number of hydrogen-bond acceptors (Lipinski definition) is 4. The lowest BCUT2D eigenvalue weighted by Crippen LogP contribution is -2.12. The third-order valence-electron chi connectivity index (χ3n) is 4.09. The number of oxazole rings is 2. The SMILES string of the molecule is Cc1cc(F)cc(C2CCc3oc(-c4ncco4)nc3C2)c1. The number of hydrogen-bond donors (Lipinski definition) is 0. The zero-order valence-electron chi connectivity index (χ0n) is 12.2. The number of aromatic nitrogens is 2. The van der Waals surface area contributed by atoms with E-state index in [2.05, 4.69) is 9.97 Å². The van der Waals surface area contributed by atoms with Gasteiger partial charge < -0.3 is 8.83 Å². The summed E-state index contributed by atoms with van der Waals surface area (Å²) in [6.45, 7) is 1.91. The first-order valence-electron chi connectivity index (χ1n) is 7.34. The van der Waals surface area contributed by atoms with E-state index in [9.17, 15) is 4.39 Å². The summed E-state index contributed by atoms with van der Waals surface area (Å²) in [5.41, 5.74) is 2.90. The molecule has 1 aromatic carbocycles. The van der Waals surface area contributed by atoms with Gasteiger partial charge in [-0.05, 0) is 42.5 Å². The number of halogens is 1. The fourth-order valence-electron chi connectivity index (χ4n) is 3.08. The van der Waals surface area contributed by atoms with Gasteiger partial charge in [0.2, 0.25) is 0 Å². The van der Waals surface area contributed by atoms with Crippen molar-refractivity contribution in [2.45, 2.75) is 32.1 Å². The standard InChI is InChI=1S/C17H15FN2O2/c1-10-6-12(8-13(18)7-10)11-2-3-15-14(9-11)20-17(22-15)16-19-4-5-21-16/h4-8,11H,2-3,9H2,1H3. The van der Waals surface area contributed by atoms with E-state index < -0.39 is 0 Å². The van der Waals surface area contributed by atoms with Gasteiger partial charge in [0, 0.05) is 12.8 Å². The summed E-state index contributed by atoms with van der Waals surface area (Å²) >= 11 is 0. The molecule has 0 saturated heterocycles. The molecule has 112 valence electrons. The lowest BCUT2D eigenvalue weighted by molar-refractivity contribution is 0.449. The molecule has 0 N–H and O–H groups in total. The van der Waals surface area contributed by atoms with Gasteiger partial charge in [-0.2, -0.15) is 0 Å². The second-order valence-corrected chi connectivity index (χ2v) is 5.73. The summed E-state index contributed by atoms with van der Waals surface area (Å²) in [5.74, 6) is 1.79. The number of aryl methyl sites for hydroxylation is 2. The maximum Gasteiger partial charge on any atom is 0.284 e. The first-order chi connectivity index (χ1) is 10.7. The largest absolute Gasteiger partial charge is 0.441 e. The first-order valence-corrected chi connectivity index (χ1v) is 7.34. The fraction of sp³-hybridized carbons (Fsp3) is 0.294. The molecule has 3 aromatic rings. The smallest absolute Gasteiger partial charge is 0.284 e. The predicted octanol–water partition coefficient (Wildman–Crippen LogP) is 4.05. The van der Waals surface area contributed by atoms with Crippen molar-refractivity contribution < 1.29 is 13.2 Å². The van der Waals surface area contributed by atoms with Crippen LogP contribution < -0.4 is 0 Å². The molecule has 0 radical (unpaired) electrons. The van der Waals surface area contributed by atoms with E-state index in [0.29, 0.717) is 11.8 Å². The van der Waals surface area contributed by atoms with Crippen LogP contribution in [0.4, 0.5) is 4.39 Å². The van der Waals surface area contributed by atoms with E-state index >= 15 is 0 Å². The second kappa shape index (κ2) is 5.09. The summed E-state index contributed by atoms with van der Waals surface area (Å²) in [5, 5.41) is 0. The summed E-state index contributed by atoms with van der Waals surface area (Å²) in [6, 6.07) is 5.22. The van der Waals surface area contributed by atoms with E-state index in [0.717, 1.165) is 41.8 Å². The second-order valence-electron chi connectivity index (χ2n) is 5.73. The topological polar surface area (TPSA) is 52.1 Å². The molecule has 0 fully saturated rings. The molecular weight excluding hydrogens is 283 g/mol. The Morgan fingerprint density at radius 1 is 1.23 bits per heavy atom. The van der Waals surface area contributed by atoms with Crippen molar-refractivity contribution in [3.8, 4) is 11.8 Å². The quantitative estimate of drug-likeness (QED) is 0.716. The molecule has 4 nitrogen and oxygen atoms in total. The average Bonchev–Trinajstić information content (AvgIpc) is 3.14. The van der Waals surface area contributed by atoms with Gasteiger partial charge in [0.1, 0.15) is 17.8 Å². The highest BCUT2D eigenvalue weighted by Crippen LogP contribution is 2.35. The zero-order valence-corrected chi connectivity index (χ0v) is 12.2. The monoisotopic (exact) mass is 298 g/mol. The van der Waals surface area contributed by atoms with Gasteiger partial charge in [0.05, 0.1) is 11.9 Å². The van der Waals surface area contributed by atoms with Crippen LogP contribution in [0.2, 0.25) is 0 Å². The number of fused-ring (bicyclic) bond motifs is 1. The number of nitrogens with zero attached hydrogens (tertiary/aromatic N) is 2. The van der Waals surface area contributed by atoms with Gasteiger partial charge in [-0.1, -0.05) is 6.07 Å². The Hall–Kier alpha value is -2.43. The maximum absolute atomic E-state index is 13.6. The van der Waals surface area contributed by atoms with Crippen LogP contribution in [-0.4, -0.2) is 9.97 Å². The molecule has 0 saturated carbocycles. The highest BCUT2D eigenvalue weighted by molar-refractivity contribution is 5.40. The van der Waals surface area contributed by atoms with Crippen LogP contribution in [0, 0.1) is 12.7 Å². The number of rotatable bonds is 2. The van der Waals surface area contributed by atoms with Gasteiger partial charge >= 0.3 is 0 Å².